The Morgan fingerprint density at radius 2 is 2.33 bits per heavy atom. The van der Waals surface area contributed by atoms with Crippen molar-refractivity contribution in [1.82, 2.24) is 14.9 Å². The maximum absolute atomic E-state index is 13.8. The number of hydrogen-bond donors (Lipinski definition) is 1. The van der Waals surface area contributed by atoms with Crippen LogP contribution < -0.4 is 5.32 Å². The molecule has 4 nitrogen and oxygen atoms in total. The van der Waals surface area contributed by atoms with E-state index in [0.29, 0.717) is 21.3 Å². The number of imidazole rings is 1. The van der Waals surface area contributed by atoms with Crippen molar-refractivity contribution in [2.45, 2.75) is 37.7 Å². The van der Waals surface area contributed by atoms with Gasteiger partial charge in [0.2, 0.25) is 5.91 Å². The molecule has 1 saturated carbocycles. The lowest BCUT2D eigenvalue weighted by atomic mass is 10.2. The summed E-state index contributed by atoms with van der Waals surface area (Å²) < 4.78 is 15.9. The zero-order valence-electron chi connectivity index (χ0n) is 11.4. The monoisotopic (exact) mass is 373 g/mol. The number of benzene rings is 1. The van der Waals surface area contributed by atoms with Crippen LogP contribution in [-0.4, -0.2) is 21.5 Å². The van der Waals surface area contributed by atoms with Crippen molar-refractivity contribution in [3.8, 4) is 0 Å². The van der Waals surface area contributed by atoms with E-state index >= 15 is 0 Å². The van der Waals surface area contributed by atoms with Crippen molar-refractivity contribution in [1.29, 1.82) is 0 Å². The lowest BCUT2D eigenvalue weighted by Crippen LogP contribution is -2.33. The Morgan fingerprint density at radius 1 is 1.62 bits per heavy atom. The molecule has 1 atom stereocenters. The fraction of sp³-hybridized carbons (Fsp3) is 0.429. The predicted molar refractivity (Wildman–Crippen MR) is 82.8 cm³/mol. The Hall–Kier alpha value is -1.14. The highest BCUT2D eigenvalue weighted by atomic mass is 79.9. The van der Waals surface area contributed by atoms with E-state index in [9.17, 15) is 9.18 Å². The van der Waals surface area contributed by atoms with Crippen molar-refractivity contribution in [2.75, 3.05) is 0 Å². The predicted octanol–water partition coefficient (Wildman–Crippen LogP) is 3.52. The van der Waals surface area contributed by atoms with Crippen LogP contribution in [0, 0.1) is 5.82 Å². The first-order chi connectivity index (χ1) is 10.0. The number of carbonyl (C=O) groups is 1. The summed E-state index contributed by atoms with van der Waals surface area (Å²) in [6, 6.07) is 2.77. The minimum absolute atomic E-state index is 0.0912. The minimum atomic E-state index is -0.482. The third-order valence-electron chi connectivity index (χ3n) is 3.61. The van der Waals surface area contributed by atoms with Gasteiger partial charge >= 0.3 is 0 Å². The number of nitrogens with one attached hydrogen (secondary N) is 1. The number of fused-ring (bicyclic) bond motifs is 1. The van der Waals surface area contributed by atoms with Crippen molar-refractivity contribution < 1.29 is 9.18 Å². The lowest BCUT2D eigenvalue weighted by molar-refractivity contribution is -0.123. The van der Waals surface area contributed by atoms with E-state index in [0.717, 1.165) is 12.8 Å². The Labute approximate surface area is 134 Å². The van der Waals surface area contributed by atoms with Gasteiger partial charge in [-0.1, -0.05) is 0 Å². The second-order valence-corrected chi connectivity index (χ2v) is 6.37. The molecule has 7 heteroatoms. The first-order valence-electron chi connectivity index (χ1n) is 6.73. The van der Waals surface area contributed by atoms with Gasteiger partial charge in [-0.05, 0) is 41.8 Å². The fourth-order valence-electron chi connectivity index (χ4n) is 2.33. The first kappa shape index (κ1) is 14.8. The van der Waals surface area contributed by atoms with Gasteiger partial charge < -0.3 is 9.88 Å². The third kappa shape index (κ3) is 2.79. The zero-order chi connectivity index (χ0) is 15.1. The zero-order valence-corrected chi connectivity index (χ0v) is 13.7. The molecule has 0 spiro atoms. The molecule has 1 aliphatic rings. The molecule has 1 aromatic heterocycles. The Morgan fingerprint density at radius 3 is 2.95 bits per heavy atom. The van der Waals surface area contributed by atoms with Crippen molar-refractivity contribution in [3.63, 3.8) is 0 Å². The Balaban J connectivity index is 2.06. The number of halogens is 3. The fourth-order valence-corrected chi connectivity index (χ4v) is 2.85. The van der Waals surface area contributed by atoms with Crippen molar-refractivity contribution >= 4 is 44.5 Å². The second-order valence-electron chi connectivity index (χ2n) is 5.25. The average molecular weight is 375 g/mol. The molecule has 1 amide bonds. The molecule has 1 fully saturated rings. The Kier molecular flexibility index (Phi) is 3.92. The molecule has 1 N–H and O–H groups in total. The van der Waals surface area contributed by atoms with Crippen LogP contribution in [0.5, 0.6) is 0 Å². The van der Waals surface area contributed by atoms with E-state index in [-0.39, 0.29) is 23.6 Å². The molecular formula is C14H14BrClFN3O. The molecule has 0 aliphatic heterocycles. The molecule has 112 valence electrons. The summed E-state index contributed by atoms with van der Waals surface area (Å²) >= 11 is 9.07. The summed E-state index contributed by atoms with van der Waals surface area (Å²) in [5.74, 6) is 0.239. The topological polar surface area (TPSA) is 46.9 Å². The highest BCUT2D eigenvalue weighted by molar-refractivity contribution is 9.10. The number of amides is 1. The highest BCUT2D eigenvalue weighted by Crippen LogP contribution is 2.28. The Bertz CT molecular complexity index is 714. The quantitative estimate of drug-likeness (QED) is 0.833. The van der Waals surface area contributed by atoms with Crippen LogP contribution in [-0.2, 0) is 10.7 Å². The number of alkyl halides is 1. The highest BCUT2D eigenvalue weighted by Gasteiger charge is 2.28. The van der Waals surface area contributed by atoms with E-state index < -0.39 is 6.04 Å². The van der Waals surface area contributed by atoms with Gasteiger partial charge in [-0.15, -0.1) is 11.6 Å². The SMILES string of the molecule is CC(C(=O)NC1CC1)n1c(CCl)nc2cc(Br)c(F)cc21. The molecular weight excluding hydrogens is 361 g/mol. The summed E-state index contributed by atoms with van der Waals surface area (Å²) in [5, 5.41) is 2.95. The summed E-state index contributed by atoms with van der Waals surface area (Å²) in [7, 11) is 0. The smallest absolute Gasteiger partial charge is 0.243 e. The molecule has 0 saturated heterocycles. The summed E-state index contributed by atoms with van der Waals surface area (Å²) in [6.45, 7) is 1.77. The van der Waals surface area contributed by atoms with Crippen LogP contribution in [0.15, 0.2) is 16.6 Å². The van der Waals surface area contributed by atoms with Gasteiger partial charge in [0, 0.05) is 12.1 Å². The molecule has 0 bridgehead atoms. The number of rotatable bonds is 4. The molecule has 3 rings (SSSR count). The third-order valence-corrected chi connectivity index (χ3v) is 4.46. The normalized spacial score (nSPS) is 16.2. The van der Waals surface area contributed by atoms with Crippen LogP contribution in [0.3, 0.4) is 0 Å². The van der Waals surface area contributed by atoms with Gasteiger partial charge in [-0.25, -0.2) is 9.37 Å². The van der Waals surface area contributed by atoms with Gasteiger partial charge in [-0.2, -0.15) is 0 Å². The van der Waals surface area contributed by atoms with E-state index in [1.165, 1.54) is 6.07 Å². The number of aromatic nitrogens is 2. The van der Waals surface area contributed by atoms with E-state index in [1.54, 1.807) is 17.6 Å². The van der Waals surface area contributed by atoms with Crippen LogP contribution in [0.1, 0.15) is 31.6 Å². The van der Waals surface area contributed by atoms with E-state index in [4.69, 9.17) is 11.6 Å². The summed E-state index contributed by atoms with van der Waals surface area (Å²) in [4.78, 5) is 16.6. The van der Waals surface area contributed by atoms with Crippen LogP contribution in [0.4, 0.5) is 4.39 Å². The van der Waals surface area contributed by atoms with E-state index in [2.05, 4.69) is 26.2 Å². The van der Waals surface area contributed by atoms with Gasteiger partial charge in [0.15, 0.2) is 0 Å². The maximum atomic E-state index is 13.8. The maximum Gasteiger partial charge on any atom is 0.243 e. The molecule has 2 aromatic rings. The van der Waals surface area contributed by atoms with Gasteiger partial charge in [0.05, 0.1) is 21.4 Å². The largest absolute Gasteiger partial charge is 0.352 e. The molecule has 1 unspecified atom stereocenters. The number of nitrogens with zero attached hydrogens (tertiary/aromatic N) is 2. The van der Waals surface area contributed by atoms with Crippen molar-refractivity contribution in [2.24, 2.45) is 0 Å². The second kappa shape index (κ2) is 5.57. The molecule has 1 heterocycles. The summed E-state index contributed by atoms with van der Waals surface area (Å²) in [6.07, 6.45) is 2.04. The number of carbonyl (C=O) groups excluding carboxylic acids is 1. The molecule has 1 aliphatic carbocycles. The van der Waals surface area contributed by atoms with Crippen LogP contribution >= 0.6 is 27.5 Å². The van der Waals surface area contributed by atoms with Crippen molar-refractivity contribution in [3.05, 3.63) is 28.2 Å². The standard InChI is InChI=1S/C14H14BrClFN3O/c1-7(14(21)18-8-2-3-8)20-12-5-10(17)9(15)4-11(12)19-13(20)6-16/h4-5,7-8H,2-3,6H2,1H3,(H,18,21). The van der Waals surface area contributed by atoms with E-state index in [1.807, 2.05) is 0 Å². The van der Waals surface area contributed by atoms with Gasteiger partial charge in [0.25, 0.3) is 0 Å². The average Bonchev–Trinajstić information content (AvgIpc) is 3.19. The molecule has 21 heavy (non-hydrogen) atoms. The van der Waals surface area contributed by atoms with Gasteiger partial charge in [0.1, 0.15) is 17.7 Å². The minimum Gasteiger partial charge on any atom is -0.352 e. The first-order valence-corrected chi connectivity index (χ1v) is 8.06. The lowest BCUT2D eigenvalue weighted by Gasteiger charge is -2.16. The molecule has 0 radical (unpaired) electrons. The number of hydrogen-bond acceptors (Lipinski definition) is 2. The van der Waals surface area contributed by atoms with Crippen LogP contribution in [0.2, 0.25) is 0 Å². The summed E-state index contributed by atoms with van der Waals surface area (Å²) in [5.41, 5.74) is 1.19. The van der Waals surface area contributed by atoms with Crippen LogP contribution in [0.25, 0.3) is 11.0 Å². The molecule has 1 aromatic carbocycles. The van der Waals surface area contributed by atoms with Gasteiger partial charge in [-0.3, -0.25) is 4.79 Å².